The maximum absolute atomic E-state index is 12.4. The molecule has 0 bridgehead atoms. The summed E-state index contributed by atoms with van der Waals surface area (Å²) >= 11 is 2.88. The van der Waals surface area contributed by atoms with Gasteiger partial charge in [0.25, 0.3) is 6.43 Å². The van der Waals surface area contributed by atoms with Crippen LogP contribution in [0.4, 0.5) is 8.78 Å². The number of nitrogens with zero attached hydrogens (tertiary/aromatic N) is 2. The minimum atomic E-state index is -2.81. The Morgan fingerprint density at radius 1 is 1.71 bits per heavy atom. The average molecular weight is 305 g/mol. The maximum atomic E-state index is 12.4. The highest BCUT2D eigenvalue weighted by Gasteiger charge is 2.21. The van der Waals surface area contributed by atoms with Crippen molar-refractivity contribution >= 4 is 21.9 Å². The molecule has 0 atom stereocenters. The predicted octanol–water partition coefficient (Wildman–Crippen LogP) is 2.83. The summed E-state index contributed by atoms with van der Waals surface area (Å²) in [5, 5.41) is 8.81. The van der Waals surface area contributed by atoms with Gasteiger partial charge in [-0.15, -0.1) is 0 Å². The molecule has 0 fully saturated rings. The first-order valence-electron chi connectivity index (χ1n) is 4.57. The van der Waals surface area contributed by atoms with Crippen LogP contribution in [0.1, 0.15) is 35.0 Å². The summed E-state index contributed by atoms with van der Waals surface area (Å²) in [7, 11) is 0. The molecule has 1 aromatic heterocycles. The molecule has 1 rings (SSSR count). The second kappa shape index (κ2) is 5.68. The van der Waals surface area contributed by atoms with Crippen molar-refractivity contribution in [3.8, 4) is 6.07 Å². The summed E-state index contributed by atoms with van der Waals surface area (Å²) < 4.78 is 29.5. The maximum Gasteiger partial charge on any atom is 0.342 e. The fraction of sp³-hybridized carbons (Fsp3) is 0.300. The number of ether oxygens (including phenoxy) is 1. The number of halogens is 3. The summed E-state index contributed by atoms with van der Waals surface area (Å²) in [6, 6.07) is 2.54. The lowest BCUT2D eigenvalue weighted by atomic mass is 10.1. The van der Waals surface area contributed by atoms with Gasteiger partial charge in [0.1, 0.15) is 21.9 Å². The number of hydrogen-bond donors (Lipinski definition) is 0. The largest absolute Gasteiger partial charge is 0.462 e. The molecule has 0 N–H and O–H groups in total. The number of aromatic nitrogens is 1. The van der Waals surface area contributed by atoms with E-state index in [2.05, 4.69) is 20.9 Å². The normalized spacial score (nSPS) is 10.1. The Hall–Kier alpha value is -1.55. The van der Waals surface area contributed by atoms with Crippen molar-refractivity contribution in [2.45, 2.75) is 13.3 Å². The Kier molecular flexibility index (Phi) is 4.52. The van der Waals surface area contributed by atoms with Crippen molar-refractivity contribution in [2.75, 3.05) is 6.61 Å². The molecule has 1 heterocycles. The van der Waals surface area contributed by atoms with E-state index in [-0.39, 0.29) is 22.3 Å². The standard InChI is InChI=1S/C10H7BrF2N2O2/c1-2-17-10(16)7-5(4-14)3-6(9(12)13)15-8(7)11/h3,9H,2H2,1H3. The Morgan fingerprint density at radius 2 is 2.35 bits per heavy atom. The van der Waals surface area contributed by atoms with Crippen molar-refractivity contribution in [1.29, 1.82) is 5.26 Å². The Morgan fingerprint density at radius 3 is 2.82 bits per heavy atom. The molecular formula is C10H7BrF2N2O2. The molecule has 0 radical (unpaired) electrons. The van der Waals surface area contributed by atoms with E-state index in [1.807, 2.05) is 0 Å². The van der Waals surface area contributed by atoms with Crippen LogP contribution in [0.15, 0.2) is 10.7 Å². The van der Waals surface area contributed by atoms with Crippen molar-refractivity contribution in [3.05, 3.63) is 27.5 Å². The minimum Gasteiger partial charge on any atom is -0.462 e. The molecular weight excluding hydrogens is 298 g/mol. The van der Waals surface area contributed by atoms with E-state index in [1.165, 1.54) is 0 Å². The highest BCUT2D eigenvalue weighted by atomic mass is 79.9. The third kappa shape index (κ3) is 2.97. The van der Waals surface area contributed by atoms with Gasteiger partial charge in [-0.25, -0.2) is 18.6 Å². The van der Waals surface area contributed by atoms with E-state index in [0.717, 1.165) is 6.07 Å². The van der Waals surface area contributed by atoms with Gasteiger partial charge in [0.15, 0.2) is 0 Å². The van der Waals surface area contributed by atoms with Crippen molar-refractivity contribution in [1.82, 2.24) is 4.98 Å². The lowest BCUT2D eigenvalue weighted by Gasteiger charge is -2.07. The lowest BCUT2D eigenvalue weighted by Crippen LogP contribution is -2.10. The van der Waals surface area contributed by atoms with Crippen LogP contribution in [0.2, 0.25) is 0 Å². The second-order valence-corrected chi connectivity index (χ2v) is 3.64. The zero-order chi connectivity index (χ0) is 13.0. The van der Waals surface area contributed by atoms with Gasteiger partial charge in [-0.3, -0.25) is 0 Å². The van der Waals surface area contributed by atoms with E-state index in [0.29, 0.717) is 0 Å². The van der Waals surface area contributed by atoms with Crippen molar-refractivity contribution < 1.29 is 18.3 Å². The molecule has 0 aromatic carbocycles. The minimum absolute atomic E-state index is 0.118. The molecule has 0 saturated heterocycles. The van der Waals surface area contributed by atoms with E-state index >= 15 is 0 Å². The third-order valence-corrected chi connectivity index (χ3v) is 2.39. The van der Waals surface area contributed by atoms with Crippen LogP contribution in [-0.4, -0.2) is 17.6 Å². The van der Waals surface area contributed by atoms with Crippen molar-refractivity contribution in [3.63, 3.8) is 0 Å². The SMILES string of the molecule is CCOC(=O)c1c(C#N)cc(C(F)F)nc1Br. The van der Waals surface area contributed by atoms with Gasteiger partial charge in [0.2, 0.25) is 0 Å². The molecule has 0 aliphatic carbocycles. The topological polar surface area (TPSA) is 63.0 Å². The second-order valence-electron chi connectivity index (χ2n) is 2.89. The molecule has 0 unspecified atom stereocenters. The van der Waals surface area contributed by atoms with Crippen molar-refractivity contribution in [2.24, 2.45) is 0 Å². The Bertz CT molecular complexity index is 486. The van der Waals surface area contributed by atoms with E-state index in [4.69, 9.17) is 10.00 Å². The van der Waals surface area contributed by atoms with Crippen LogP contribution in [0.25, 0.3) is 0 Å². The first kappa shape index (κ1) is 13.5. The Balaban J connectivity index is 3.32. The number of esters is 1. The van der Waals surface area contributed by atoms with Gasteiger partial charge < -0.3 is 4.74 Å². The van der Waals surface area contributed by atoms with Gasteiger partial charge in [-0.2, -0.15) is 5.26 Å². The van der Waals surface area contributed by atoms with Gasteiger partial charge in [0, 0.05) is 0 Å². The van der Waals surface area contributed by atoms with E-state index in [9.17, 15) is 13.6 Å². The first-order chi connectivity index (χ1) is 8.01. The molecule has 0 aliphatic heterocycles. The smallest absolute Gasteiger partial charge is 0.342 e. The molecule has 4 nitrogen and oxygen atoms in total. The zero-order valence-corrected chi connectivity index (χ0v) is 10.3. The van der Waals surface area contributed by atoms with Crippen LogP contribution in [0.5, 0.6) is 0 Å². The first-order valence-corrected chi connectivity index (χ1v) is 5.36. The quantitative estimate of drug-likeness (QED) is 0.636. The van der Waals surface area contributed by atoms with Gasteiger partial charge in [0.05, 0.1) is 12.2 Å². The number of hydrogen-bond acceptors (Lipinski definition) is 4. The average Bonchev–Trinajstić information content (AvgIpc) is 2.27. The monoisotopic (exact) mass is 304 g/mol. The molecule has 0 spiro atoms. The van der Waals surface area contributed by atoms with Crippen LogP contribution >= 0.6 is 15.9 Å². The number of carbonyl (C=O) groups excluding carboxylic acids is 1. The highest BCUT2D eigenvalue weighted by Crippen LogP contribution is 2.25. The molecule has 17 heavy (non-hydrogen) atoms. The number of carbonyl (C=O) groups is 1. The Labute approximate surface area is 104 Å². The van der Waals surface area contributed by atoms with E-state index < -0.39 is 18.1 Å². The number of rotatable bonds is 3. The third-order valence-electron chi connectivity index (χ3n) is 1.82. The summed E-state index contributed by atoms with van der Waals surface area (Å²) in [5.41, 5.74) is -0.902. The molecule has 0 aliphatic rings. The molecule has 90 valence electrons. The number of alkyl halides is 2. The lowest BCUT2D eigenvalue weighted by molar-refractivity contribution is 0.0523. The van der Waals surface area contributed by atoms with Gasteiger partial charge >= 0.3 is 5.97 Å². The van der Waals surface area contributed by atoms with Gasteiger partial charge in [-0.1, -0.05) is 0 Å². The molecule has 1 aromatic rings. The van der Waals surface area contributed by atoms with Crippen LogP contribution in [-0.2, 0) is 4.74 Å². The van der Waals surface area contributed by atoms with Crippen LogP contribution in [0, 0.1) is 11.3 Å². The molecule has 0 saturated carbocycles. The summed E-state index contributed by atoms with van der Waals surface area (Å²) in [5.74, 6) is -0.774. The number of nitriles is 1. The van der Waals surface area contributed by atoms with Gasteiger partial charge in [-0.05, 0) is 28.9 Å². The summed E-state index contributed by atoms with van der Waals surface area (Å²) in [6.45, 7) is 1.71. The zero-order valence-electron chi connectivity index (χ0n) is 8.71. The predicted molar refractivity (Wildman–Crippen MR) is 57.6 cm³/mol. The van der Waals surface area contributed by atoms with Crippen LogP contribution < -0.4 is 0 Å². The number of pyridine rings is 1. The summed E-state index contributed by atoms with van der Waals surface area (Å²) in [6.07, 6.45) is -2.81. The van der Waals surface area contributed by atoms with E-state index in [1.54, 1.807) is 13.0 Å². The highest BCUT2D eigenvalue weighted by molar-refractivity contribution is 9.10. The fourth-order valence-corrected chi connectivity index (χ4v) is 1.71. The van der Waals surface area contributed by atoms with Crippen LogP contribution in [0.3, 0.4) is 0 Å². The molecule has 0 amide bonds. The summed E-state index contributed by atoms with van der Waals surface area (Å²) in [4.78, 5) is 15.0. The molecule has 7 heteroatoms. The fourth-order valence-electron chi connectivity index (χ4n) is 1.13.